The molecule has 0 aromatic rings. The molecule has 1 aliphatic heterocycles. The summed E-state index contributed by atoms with van der Waals surface area (Å²) in [4.78, 5) is 13.4. The fourth-order valence-corrected chi connectivity index (χ4v) is 2.30. The second kappa shape index (κ2) is 6.18. The molecule has 0 saturated carbocycles. The zero-order valence-electron chi connectivity index (χ0n) is 10.1. The maximum atomic E-state index is 11.1. The number of likely N-dealkylation sites (tertiary alicyclic amines) is 1. The Balaban J connectivity index is 2.32. The number of amides is 1. The van der Waals surface area contributed by atoms with Gasteiger partial charge in [0.15, 0.2) is 0 Å². The van der Waals surface area contributed by atoms with Gasteiger partial charge in [0.1, 0.15) is 0 Å². The molecular weight excluding hydrogens is 206 g/mol. The summed E-state index contributed by atoms with van der Waals surface area (Å²) in [5, 5.41) is 9.49. The van der Waals surface area contributed by atoms with Gasteiger partial charge < -0.3 is 10.0 Å². The van der Waals surface area contributed by atoms with E-state index in [4.69, 9.17) is 5.84 Å². The van der Waals surface area contributed by atoms with Gasteiger partial charge in [-0.05, 0) is 45.7 Å². The van der Waals surface area contributed by atoms with Crippen LogP contribution >= 0.6 is 0 Å². The van der Waals surface area contributed by atoms with Crippen LogP contribution in [0.15, 0.2) is 0 Å². The van der Waals surface area contributed by atoms with Crippen LogP contribution in [0, 0.1) is 5.92 Å². The van der Waals surface area contributed by atoms with Crippen LogP contribution in [0.2, 0.25) is 0 Å². The van der Waals surface area contributed by atoms with E-state index in [1.165, 1.54) is 0 Å². The lowest BCUT2D eigenvalue weighted by Gasteiger charge is -2.36. The Kier molecular flexibility index (Phi) is 5.18. The zero-order chi connectivity index (χ0) is 12.1. The Morgan fingerprint density at radius 1 is 1.50 bits per heavy atom. The summed E-state index contributed by atoms with van der Waals surface area (Å²) in [5.74, 6) is 5.35. The van der Waals surface area contributed by atoms with Crippen LogP contribution in [0.1, 0.15) is 33.1 Å². The summed E-state index contributed by atoms with van der Waals surface area (Å²) in [6, 6.07) is 0.221. The molecule has 0 bridgehead atoms. The zero-order valence-corrected chi connectivity index (χ0v) is 10.1. The van der Waals surface area contributed by atoms with Gasteiger partial charge in [-0.3, -0.25) is 10.2 Å². The molecule has 5 heteroatoms. The van der Waals surface area contributed by atoms with Gasteiger partial charge in [-0.2, -0.15) is 0 Å². The summed E-state index contributed by atoms with van der Waals surface area (Å²) in [5.41, 5.74) is 2.16. The predicted octanol–water partition coefficient (Wildman–Crippen LogP) is -0.152. The summed E-state index contributed by atoms with van der Waals surface area (Å²) in [7, 11) is 0. The average molecular weight is 229 g/mol. The summed E-state index contributed by atoms with van der Waals surface area (Å²) < 4.78 is 0. The number of piperidine rings is 1. The first kappa shape index (κ1) is 13.4. The normalized spacial score (nSPS) is 22.8. The number of nitrogens with two attached hydrogens (primary N) is 1. The molecule has 1 rings (SSSR count). The number of hydrogen-bond donors (Lipinski definition) is 3. The van der Waals surface area contributed by atoms with Crippen LogP contribution in [0.25, 0.3) is 0 Å². The molecule has 0 aromatic carbocycles. The molecular formula is C11H23N3O2. The van der Waals surface area contributed by atoms with Crippen LogP contribution in [0.3, 0.4) is 0 Å². The Bertz CT molecular complexity index is 225. The van der Waals surface area contributed by atoms with Crippen LogP contribution < -0.4 is 11.3 Å². The summed E-state index contributed by atoms with van der Waals surface area (Å²) >= 11 is 0. The number of aliphatic hydroxyl groups is 1. The number of hydrogen-bond acceptors (Lipinski definition) is 4. The minimum absolute atomic E-state index is 0.120. The van der Waals surface area contributed by atoms with E-state index in [0.29, 0.717) is 12.3 Å². The van der Waals surface area contributed by atoms with E-state index in [9.17, 15) is 9.90 Å². The van der Waals surface area contributed by atoms with E-state index in [0.717, 1.165) is 25.9 Å². The second-order valence-electron chi connectivity index (χ2n) is 4.73. The topological polar surface area (TPSA) is 78.6 Å². The van der Waals surface area contributed by atoms with E-state index in [2.05, 4.69) is 10.3 Å². The van der Waals surface area contributed by atoms with Crippen molar-refractivity contribution in [3.05, 3.63) is 0 Å². The van der Waals surface area contributed by atoms with Gasteiger partial charge in [-0.25, -0.2) is 5.84 Å². The van der Waals surface area contributed by atoms with Crippen molar-refractivity contribution in [1.29, 1.82) is 0 Å². The number of aliphatic hydroxyl groups excluding tert-OH is 1. The van der Waals surface area contributed by atoms with Crippen molar-refractivity contribution in [2.24, 2.45) is 11.8 Å². The molecule has 1 saturated heterocycles. The Labute approximate surface area is 97.0 Å². The minimum Gasteiger partial charge on any atom is -0.393 e. The lowest BCUT2D eigenvalue weighted by atomic mass is 9.91. The number of nitrogens with zero attached hydrogens (tertiary/aromatic N) is 1. The quantitative estimate of drug-likeness (QED) is 0.356. The lowest BCUT2D eigenvalue weighted by Crippen LogP contribution is -2.44. The predicted molar refractivity (Wildman–Crippen MR) is 62.4 cm³/mol. The molecule has 0 aliphatic carbocycles. The van der Waals surface area contributed by atoms with Crippen LogP contribution in [-0.4, -0.2) is 41.1 Å². The van der Waals surface area contributed by atoms with Gasteiger partial charge in [0.25, 0.3) is 0 Å². The minimum atomic E-state index is -0.218. The van der Waals surface area contributed by atoms with Crippen molar-refractivity contribution in [3.63, 3.8) is 0 Å². The molecule has 94 valence electrons. The van der Waals surface area contributed by atoms with Crippen molar-refractivity contribution in [1.82, 2.24) is 10.3 Å². The van der Waals surface area contributed by atoms with Crippen molar-refractivity contribution in [3.8, 4) is 0 Å². The fraction of sp³-hybridized carbons (Fsp3) is 0.909. The first-order valence-corrected chi connectivity index (χ1v) is 5.96. The van der Waals surface area contributed by atoms with Gasteiger partial charge in [-0.15, -0.1) is 0 Å². The van der Waals surface area contributed by atoms with Crippen LogP contribution in [-0.2, 0) is 4.79 Å². The van der Waals surface area contributed by atoms with Gasteiger partial charge in [0.2, 0.25) is 5.91 Å². The van der Waals surface area contributed by atoms with Crippen LogP contribution in [0.5, 0.6) is 0 Å². The van der Waals surface area contributed by atoms with Crippen LogP contribution in [0.4, 0.5) is 0 Å². The first-order valence-electron chi connectivity index (χ1n) is 5.96. The Morgan fingerprint density at radius 2 is 2.06 bits per heavy atom. The molecule has 2 unspecified atom stereocenters. The van der Waals surface area contributed by atoms with E-state index >= 15 is 0 Å². The average Bonchev–Trinajstić information content (AvgIpc) is 2.28. The SMILES string of the molecule is CC(O)C1CCN(C(C)CC(=O)NN)CC1. The molecule has 4 N–H and O–H groups in total. The molecule has 1 amide bonds. The third kappa shape index (κ3) is 3.73. The van der Waals surface area contributed by atoms with Gasteiger partial charge >= 0.3 is 0 Å². The molecule has 0 spiro atoms. The van der Waals surface area contributed by atoms with Crippen molar-refractivity contribution < 1.29 is 9.90 Å². The van der Waals surface area contributed by atoms with E-state index < -0.39 is 0 Å². The third-order valence-corrected chi connectivity index (χ3v) is 3.52. The fourth-order valence-electron chi connectivity index (χ4n) is 2.30. The van der Waals surface area contributed by atoms with E-state index in [1.807, 2.05) is 13.8 Å². The first-order chi connectivity index (χ1) is 7.54. The standard InChI is InChI=1S/C11H23N3O2/c1-8(7-11(16)13-12)14-5-3-10(4-6-14)9(2)15/h8-10,15H,3-7,12H2,1-2H3,(H,13,16). The lowest BCUT2D eigenvalue weighted by molar-refractivity contribution is -0.122. The second-order valence-corrected chi connectivity index (χ2v) is 4.73. The number of carbonyl (C=O) groups excluding carboxylic acids is 1. The number of carbonyl (C=O) groups is 1. The molecule has 1 aliphatic rings. The third-order valence-electron chi connectivity index (χ3n) is 3.52. The molecule has 1 heterocycles. The molecule has 16 heavy (non-hydrogen) atoms. The van der Waals surface area contributed by atoms with E-state index in [-0.39, 0.29) is 18.1 Å². The highest BCUT2D eigenvalue weighted by Gasteiger charge is 2.25. The number of hydrazine groups is 1. The summed E-state index contributed by atoms with van der Waals surface area (Å²) in [6.45, 7) is 5.80. The van der Waals surface area contributed by atoms with Gasteiger partial charge in [0.05, 0.1) is 6.10 Å². The van der Waals surface area contributed by atoms with Crippen molar-refractivity contribution >= 4 is 5.91 Å². The monoisotopic (exact) mass is 229 g/mol. The molecule has 2 atom stereocenters. The number of nitrogens with one attached hydrogen (secondary N) is 1. The van der Waals surface area contributed by atoms with Gasteiger partial charge in [0, 0.05) is 12.5 Å². The molecule has 5 nitrogen and oxygen atoms in total. The maximum absolute atomic E-state index is 11.1. The molecule has 0 radical (unpaired) electrons. The number of rotatable bonds is 4. The largest absolute Gasteiger partial charge is 0.393 e. The summed E-state index contributed by atoms with van der Waals surface area (Å²) in [6.07, 6.45) is 2.23. The molecule has 0 aromatic heterocycles. The highest BCUT2D eigenvalue weighted by molar-refractivity contribution is 5.75. The van der Waals surface area contributed by atoms with Crippen molar-refractivity contribution in [2.45, 2.75) is 45.3 Å². The van der Waals surface area contributed by atoms with Crippen molar-refractivity contribution in [2.75, 3.05) is 13.1 Å². The smallest absolute Gasteiger partial charge is 0.235 e. The van der Waals surface area contributed by atoms with E-state index in [1.54, 1.807) is 0 Å². The molecule has 1 fully saturated rings. The highest BCUT2D eigenvalue weighted by Crippen LogP contribution is 2.22. The maximum Gasteiger partial charge on any atom is 0.235 e. The Hall–Kier alpha value is -0.650. The highest BCUT2D eigenvalue weighted by atomic mass is 16.3. The Morgan fingerprint density at radius 3 is 2.50 bits per heavy atom. The van der Waals surface area contributed by atoms with Gasteiger partial charge in [-0.1, -0.05) is 0 Å².